The Morgan fingerprint density at radius 1 is 1.40 bits per heavy atom. The van der Waals surface area contributed by atoms with Gasteiger partial charge in [-0.1, -0.05) is 23.7 Å². The topological polar surface area (TPSA) is 70.7 Å². The van der Waals surface area contributed by atoms with Crippen molar-refractivity contribution in [2.24, 2.45) is 7.05 Å². The van der Waals surface area contributed by atoms with Crippen molar-refractivity contribution >= 4 is 17.3 Å². The van der Waals surface area contributed by atoms with Crippen LogP contribution in [0, 0.1) is 11.3 Å². The van der Waals surface area contributed by atoms with Crippen LogP contribution < -0.4 is 10.9 Å². The fourth-order valence-electron chi connectivity index (χ4n) is 1.77. The molecule has 1 unspecified atom stereocenters. The highest BCUT2D eigenvalue weighted by Gasteiger charge is 2.11. The van der Waals surface area contributed by atoms with Crippen LogP contribution in [0.4, 0.5) is 5.69 Å². The van der Waals surface area contributed by atoms with E-state index >= 15 is 0 Å². The summed E-state index contributed by atoms with van der Waals surface area (Å²) in [6, 6.07) is 9.22. The lowest BCUT2D eigenvalue weighted by Crippen LogP contribution is -2.21. The van der Waals surface area contributed by atoms with E-state index in [1.807, 2.05) is 19.1 Å². The maximum Gasteiger partial charge on any atom is 0.287 e. The second-order valence-electron chi connectivity index (χ2n) is 4.40. The van der Waals surface area contributed by atoms with E-state index in [-0.39, 0.29) is 16.6 Å². The number of nitriles is 1. The Morgan fingerprint density at radius 2 is 2.05 bits per heavy atom. The first-order chi connectivity index (χ1) is 9.52. The van der Waals surface area contributed by atoms with Crippen LogP contribution in [-0.4, -0.2) is 9.78 Å². The highest BCUT2D eigenvalue weighted by molar-refractivity contribution is 6.32. The minimum atomic E-state index is -0.344. The Labute approximate surface area is 121 Å². The predicted molar refractivity (Wildman–Crippen MR) is 77.7 cm³/mol. The average Bonchev–Trinajstić information content (AvgIpc) is 2.48. The number of nitrogens with one attached hydrogen (secondary N) is 1. The van der Waals surface area contributed by atoms with Gasteiger partial charge in [0.1, 0.15) is 5.02 Å². The average molecular weight is 289 g/mol. The van der Waals surface area contributed by atoms with Gasteiger partial charge >= 0.3 is 0 Å². The molecule has 1 N–H and O–H groups in total. The third-order valence-electron chi connectivity index (χ3n) is 2.99. The van der Waals surface area contributed by atoms with Gasteiger partial charge in [-0.05, 0) is 24.6 Å². The van der Waals surface area contributed by atoms with Gasteiger partial charge in [0.15, 0.2) is 0 Å². The largest absolute Gasteiger partial charge is 0.376 e. The van der Waals surface area contributed by atoms with Crippen LogP contribution in [0.5, 0.6) is 0 Å². The van der Waals surface area contributed by atoms with Gasteiger partial charge in [-0.25, -0.2) is 4.68 Å². The Balaban J connectivity index is 2.23. The number of rotatable bonds is 3. The third-order valence-corrected chi connectivity index (χ3v) is 3.36. The van der Waals surface area contributed by atoms with E-state index < -0.39 is 0 Å². The highest BCUT2D eigenvalue weighted by Crippen LogP contribution is 2.22. The summed E-state index contributed by atoms with van der Waals surface area (Å²) in [5.74, 6) is 0. The monoisotopic (exact) mass is 288 g/mol. The molecule has 1 atom stereocenters. The number of nitrogens with zero attached hydrogens (tertiary/aromatic N) is 3. The van der Waals surface area contributed by atoms with Gasteiger partial charge in [-0.2, -0.15) is 10.4 Å². The van der Waals surface area contributed by atoms with E-state index in [4.69, 9.17) is 16.9 Å². The SMILES string of the molecule is CC(Nc1cnn(C)c(=O)c1Cl)c1ccc(C#N)cc1. The van der Waals surface area contributed by atoms with Gasteiger partial charge < -0.3 is 5.32 Å². The zero-order valence-electron chi connectivity index (χ0n) is 11.1. The molecule has 6 heteroatoms. The first-order valence-electron chi connectivity index (χ1n) is 6.01. The van der Waals surface area contributed by atoms with Gasteiger partial charge in [-0.15, -0.1) is 0 Å². The first kappa shape index (κ1) is 14.1. The fourth-order valence-corrected chi connectivity index (χ4v) is 2.00. The molecule has 0 saturated heterocycles. The van der Waals surface area contributed by atoms with E-state index in [9.17, 15) is 4.79 Å². The molecule has 2 rings (SSSR count). The molecule has 1 aromatic carbocycles. The molecule has 5 nitrogen and oxygen atoms in total. The van der Waals surface area contributed by atoms with E-state index in [2.05, 4.69) is 16.5 Å². The van der Waals surface area contributed by atoms with Gasteiger partial charge in [0.2, 0.25) is 0 Å². The molecule has 2 aromatic rings. The molecule has 0 aliphatic rings. The lowest BCUT2D eigenvalue weighted by Gasteiger charge is -2.16. The second-order valence-corrected chi connectivity index (χ2v) is 4.78. The van der Waals surface area contributed by atoms with Crippen LogP contribution in [0.3, 0.4) is 0 Å². The lowest BCUT2D eigenvalue weighted by atomic mass is 10.1. The lowest BCUT2D eigenvalue weighted by molar-refractivity contribution is 0.706. The standard InChI is InChI=1S/C14H13ClN4O/c1-9(11-5-3-10(7-16)4-6-11)18-12-8-17-19(2)14(20)13(12)15/h3-6,8-9,18H,1-2H3. The minimum absolute atomic E-state index is 0.0610. The maximum atomic E-state index is 11.7. The molecule has 0 bridgehead atoms. The van der Waals surface area contributed by atoms with Crippen LogP contribution in [0.15, 0.2) is 35.3 Å². The van der Waals surface area contributed by atoms with Crippen LogP contribution in [0.25, 0.3) is 0 Å². The summed E-state index contributed by atoms with van der Waals surface area (Å²) in [7, 11) is 1.54. The van der Waals surface area contributed by atoms with Crippen LogP contribution >= 0.6 is 11.6 Å². The van der Waals surface area contributed by atoms with E-state index in [1.165, 1.54) is 10.9 Å². The third kappa shape index (κ3) is 2.81. The van der Waals surface area contributed by atoms with Gasteiger partial charge in [-0.3, -0.25) is 4.79 Å². The summed E-state index contributed by atoms with van der Waals surface area (Å²) in [5.41, 5.74) is 1.74. The number of hydrogen-bond acceptors (Lipinski definition) is 4. The molecular weight excluding hydrogens is 276 g/mol. The maximum absolute atomic E-state index is 11.7. The molecule has 0 spiro atoms. The molecule has 1 aromatic heterocycles. The summed E-state index contributed by atoms with van der Waals surface area (Å²) in [6.07, 6.45) is 1.52. The predicted octanol–water partition coefficient (Wildman–Crippen LogP) is 2.48. The molecule has 1 heterocycles. The Bertz CT molecular complexity index is 715. The molecule has 0 aliphatic heterocycles. The smallest absolute Gasteiger partial charge is 0.287 e. The van der Waals surface area contributed by atoms with Crippen molar-refractivity contribution in [3.05, 3.63) is 57.0 Å². The molecule has 0 amide bonds. The summed E-state index contributed by atoms with van der Waals surface area (Å²) in [6.45, 7) is 1.94. The highest BCUT2D eigenvalue weighted by atomic mass is 35.5. The Kier molecular flexibility index (Phi) is 4.06. The van der Waals surface area contributed by atoms with Crippen molar-refractivity contribution in [2.75, 3.05) is 5.32 Å². The van der Waals surface area contributed by atoms with E-state index in [1.54, 1.807) is 19.2 Å². The molecule has 0 saturated carbocycles. The normalized spacial score (nSPS) is 11.7. The van der Waals surface area contributed by atoms with E-state index in [0.29, 0.717) is 11.3 Å². The Morgan fingerprint density at radius 3 is 2.65 bits per heavy atom. The molecule has 20 heavy (non-hydrogen) atoms. The second kappa shape index (κ2) is 5.76. The first-order valence-corrected chi connectivity index (χ1v) is 6.39. The number of hydrogen-bond donors (Lipinski definition) is 1. The van der Waals surface area contributed by atoms with Crippen molar-refractivity contribution in [1.29, 1.82) is 5.26 Å². The van der Waals surface area contributed by atoms with Crippen LogP contribution in [-0.2, 0) is 7.05 Å². The van der Waals surface area contributed by atoms with E-state index in [0.717, 1.165) is 5.56 Å². The van der Waals surface area contributed by atoms with Crippen molar-refractivity contribution < 1.29 is 0 Å². The number of aryl methyl sites for hydroxylation is 1. The molecular formula is C14H13ClN4O. The number of benzene rings is 1. The molecule has 0 aliphatic carbocycles. The zero-order chi connectivity index (χ0) is 14.7. The van der Waals surface area contributed by atoms with Crippen molar-refractivity contribution in [3.8, 4) is 6.07 Å². The number of halogens is 1. The number of aromatic nitrogens is 2. The summed E-state index contributed by atoms with van der Waals surface area (Å²) >= 11 is 6.00. The van der Waals surface area contributed by atoms with Gasteiger partial charge in [0, 0.05) is 13.1 Å². The van der Waals surface area contributed by atoms with Crippen LogP contribution in [0.2, 0.25) is 5.02 Å². The van der Waals surface area contributed by atoms with Crippen molar-refractivity contribution in [2.45, 2.75) is 13.0 Å². The summed E-state index contributed by atoms with van der Waals surface area (Å²) in [5, 5.41) is 15.9. The van der Waals surface area contributed by atoms with Gasteiger partial charge in [0.05, 0.1) is 23.5 Å². The fraction of sp³-hybridized carbons (Fsp3) is 0.214. The van der Waals surface area contributed by atoms with Gasteiger partial charge in [0.25, 0.3) is 5.56 Å². The quantitative estimate of drug-likeness (QED) is 0.942. The summed E-state index contributed by atoms with van der Waals surface area (Å²) in [4.78, 5) is 11.7. The Hall–Kier alpha value is -2.32. The summed E-state index contributed by atoms with van der Waals surface area (Å²) < 4.78 is 1.18. The number of anilines is 1. The molecule has 0 fully saturated rings. The zero-order valence-corrected chi connectivity index (χ0v) is 11.8. The molecule has 0 radical (unpaired) electrons. The van der Waals surface area contributed by atoms with Crippen LogP contribution in [0.1, 0.15) is 24.1 Å². The minimum Gasteiger partial charge on any atom is -0.376 e. The molecule has 102 valence electrons. The van der Waals surface area contributed by atoms with Crippen molar-refractivity contribution in [1.82, 2.24) is 9.78 Å². The van der Waals surface area contributed by atoms with Crippen molar-refractivity contribution in [3.63, 3.8) is 0 Å².